The van der Waals surface area contributed by atoms with Crippen LogP contribution in [0.25, 0.3) is 0 Å². The molecule has 2 atom stereocenters. The van der Waals surface area contributed by atoms with Crippen LogP contribution in [0.4, 0.5) is 5.69 Å². The van der Waals surface area contributed by atoms with Crippen molar-refractivity contribution in [3.8, 4) is 0 Å². The molecule has 1 N–H and O–H groups in total. The molecule has 0 bridgehead atoms. The summed E-state index contributed by atoms with van der Waals surface area (Å²) in [5.74, 6) is -0.339. The molecule has 3 rings (SSSR count). The molecule has 1 aliphatic heterocycles. The summed E-state index contributed by atoms with van der Waals surface area (Å²) in [6.45, 7) is 6.35. The molecular formula is C21H26N2O4S. The average molecular weight is 403 g/mol. The van der Waals surface area contributed by atoms with Crippen LogP contribution in [-0.2, 0) is 21.2 Å². The third-order valence-corrected chi connectivity index (χ3v) is 6.54. The molecule has 1 aliphatic rings. The number of aryl methyl sites for hydroxylation is 1. The van der Waals surface area contributed by atoms with Crippen LogP contribution in [0.3, 0.4) is 0 Å². The maximum atomic E-state index is 13.0. The monoisotopic (exact) mass is 402 g/mol. The first-order valence-corrected chi connectivity index (χ1v) is 10.9. The highest BCUT2D eigenvalue weighted by molar-refractivity contribution is 7.89. The predicted octanol–water partition coefficient (Wildman–Crippen LogP) is 3.30. The number of hydrogen-bond donors (Lipinski definition) is 1. The molecule has 1 saturated heterocycles. The highest BCUT2D eigenvalue weighted by Gasteiger charge is 2.32. The summed E-state index contributed by atoms with van der Waals surface area (Å²) in [4.78, 5) is 12.7. The van der Waals surface area contributed by atoms with Crippen LogP contribution in [-0.4, -0.2) is 43.9 Å². The first-order valence-electron chi connectivity index (χ1n) is 9.45. The van der Waals surface area contributed by atoms with Crippen molar-refractivity contribution >= 4 is 21.6 Å². The Balaban J connectivity index is 1.82. The van der Waals surface area contributed by atoms with Crippen LogP contribution in [0.5, 0.6) is 0 Å². The third-order valence-electron chi connectivity index (χ3n) is 4.71. The zero-order valence-corrected chi connectivity index (χ0v) is 17.2. The number of sulfonamides is 1. The van der Waals surface area contributed by atoms with Gasteiger partial charge in [-0.1, -0.05) is 25.1 Å². The summed E-state index contributed by atoms with van der Waals surface area (Å²) in [5, 5.41) is 2.84. The van der Waals surface area contributed by atoms with E-state index in [-0.39, 0.29) is 23.0 Å². The third kappa shape index (κ3) is 4.60. The van der Waals surface area contributed by atoms with Crippen LogP contribution in [0.2, 0.25) is 0 Å². The van der Waals surface area contributed by atoms with Gasteiger partial charge >= 0.3 is 0 Å². The van der Waals surface area contributed by atoms with Crippen molar-refractivity contribution in [1.82, 2.24) is 4.31 Å². The van der Waals surface area contributed by atoms with Gasteiger partial charge < -0.3 is 10.1 Å². The largest absolute Gasteiger partial charge is 0.373 e. The number of benzene rings is 2. The molecule has 1 heterocycles. The zero-order chi connectivity index (χ0) is 20.3. The second kappa shape index (κ2) is 8.43. The van der Waals surface area contributed by atoms with Gasteiger partial charge in [-0.05, 0) is 56.2 Å². The Labute approximate surface area is 166 Å². The molecule has 0 aliphatic carbocycles. The van der Waals surface area contributed by atoms with Crippen molar-refractivity contribution in [3.05, 3.63) is 59.7 Å². The molecule has 28 heavy (non-hydrogen) atoms. The lowest BCUT2D eigenvalue weighted by Crippen LogP contribution is -2.48. The predicted molar refractivity (Wildman–Crippen MR) is 109 cm³/mol. The molecule has 0 aromatic heterocycles. The molecule has 0 saturated carbocycles. The van der Waals surface area contributed by atoms with Crippen molar-refractivity contribution in [2.24, 2.45) is 0 Å². The fourth-order valence-corrected chi connectivity index (χ4v) is 4.98. The number of hydrogen-bond acceptors (Lipinski definition) is 4. The number of nitrogens with zero attached hydrogens (tertiary/aromatic N) is 1. The van der Waals surface area contributed by atoms with Crippen LogP contribution >= 0.6 is 0 Å². The van der Waals surface area contributed by atoms with E-state index in [1.165, 1.54) is 16.4 Å². The maximum absolute atomic E-state index is 13.0. The Kier molecular flexibility index (Phi) is 6.17. The molecule has 0 unspecified atom stereocenters. The number of ether oxygens (including phenoxy) is 1. The first kappa shape index (κ1) is 20.5. The summed E-state index contributed by atoms with van der Waals surface area (Å²) < 4.78 is 33.1. The van der Waals surface area contributed by atoms with Gasteiger partial charge in [0.25, 0.3) is 5.91 Å². The zero-order valence-electron chi connectivity index (χ0n) is 16.4. The summed E-state index contributed by atoms with van der Waals surface area (Å²) in [6, 6.07) is 13.8. The van der Waals surface area contributed by atoms with E-state index < -0.39 is 10.0 Å². The van der Waals surface area contributed by atoms with Gasteiger partial charge in [-0.3, -0.25) is 4.79 Å². The number of carbonyl (C=O) groups excluding carboxylic acids is 1. The standard InChI is InChI=1S/C21H26N2O4S/c1-4-17-7-5-9-19(11-17)22-21(24)18-8-6-10-20(12-18)28(25,26)23-13-15(2)27-16(3)14-23/h5-12,15-16H,4,13-14H2,1-3H3,(H,22,24)/t15-,16-/m0/s1. The van der Waals surface area contributed by atoms with E-state index in [0.717, 1.165) is 12.0 Å². The molecular weight excluding hydrogens is 376 g/mol. The summed E-state index contributed by atoms with van der Waals surface area (Å²) in [7, 11) is -3.69. The average Bonchev–Trinajstić information content (AvgIpc) is 2.67. The van der Waals surface area contributed by atoms with Gasteiger partial charge in [-0.25, -0.2) is 8.42 Å². The Bertz CT molecular complexity index is 948. The van der Waals surface area contributed by atoms with Gasteiger partial charge in [-0.15, -0.1) is 0 Å². The molecule has 0 spiro atoms. The second-order valence-corrected chi connectivity index (χ2v) is 9.05. The van der Waals surface area contributed by atoms with Crippen molar-refractivity contribution in [2.75, 3.05) is 18.4 Å². The van der Waals surface area contributed by atoms with Gasteiger partial charge in [0.15, 0.2) is 0 Å². The molecule has 6 nitrogen and oxygen atoms in total. The highest BCUT2D eigenvalue weighted by Crippen LogP contribution is 2.22. The number of anilines is 1. The lowest BCUT2D eigenvalue weighted by atomic mass is 10.1. The molecule has 2 aromatic rings. The van der Waals surface area contributed by atoms with E-state index >= 15 is 0 Å². The summed E-state index contributed by atoms with van der Waals surface area (Å²) >= 11 is 0. The minimum Gasteiger partial charge on any atom is -0.373 e. The smallest absolute Gasteiger partial charge is 0.255 e. The van der Waals surface area contributed by atoms with E-state index in [0.29, 0.717) is 24.3 Å². The summed E-state index contributed by atoms with van der Waals surface area (Å²) in [6.07, 6.45) is 0.528. The SMILES string of the molecule is CCc1cccc(NC(=O)c2cccc(S(=O)(=O)N3C[C@H](C)O[C@@H](C)C3)c2)c1. The van der Waals surface area contributed by atoms with Gasteiger partial charge in [0.05, 0.1) is 17.1 Å². The van der Waals surface area contributed by atoms with Gasteiger partial charge in [0, 0.05) is 24.3 Å². The second-order valence-electron chi connectivity index (χ2n) is 7.12. The van der Waals surface area contributed by atoms with Gasteiger partial charge in [-0.2, -0.15) is 4.31 Å². The lowest BCUT2D eigenvalue weighted by molar-refractivity contribution is -0.0440. The number of carbonyl (C=O) groups is 1. The van der Waals surface area contributed by atoms with E-state index in [2.05, 4.69) is 5.32 Å². The van der Waals surface area contributed by atoms with Crippen LogP contribution in [0.1, 0.15) is 36.7 Å². The number of rotatable bonds is 5. The normalized spacial score (nSPS) is 20.7. The van der Waals surface area contributed by atoms with Crippen LogP contribution < -0.4 is 5.32 Å². The lowest BCUT2D eigenvalue weighted by Gasteiger charge is -2.34. The van der Waals surface area contributed by atoms with Crippen molar-refractivity contribution < 1.29 is 17.9 Å². The molecule has 1 fully saturated rings. The number of amides is 1. The van der Waals surface area contributed by atoms with E-state index in [4.69, 9.17) is 4.74 Å². The topological polar surface area (TPSA) is 75.7 Å². The fourth-order valence-electron chi connectivity index (χ4n) is 3.35. The Morgan fingerprint density at radius 2 is 1.79 bits per heavy atom. The Morgan fingerprint density at radius 3 is 2.46 bits per heavy atom. The number of morpholine rings is 1. The molecule has 0 radical (unpaired) electrons. The number of nitrogens with one attached hydrogen (secondary N) is 1. The molecule has 2 aromatic carbocycles. The molecule has 7 heteroatoms. The Morgan fingerprint density at radius 1 is 1.11 bits per heavy atom. The van der Waals surface area contributed by atoms with E-state index in [9.17, 15) is 13.2 Å². The van der Waals surface area contributed by atoms with E-state index in [1.54, 1.807) is 12.1 Å². The van der Waals surface area contributed by atoms with Crippen molar-refractivity contribution in [1.29, 1.82) is 0 Å². The van der Waals surface area contributed by atoms with Crippen molar-refractivity contribution in [3.63, 3.8) is 0 Å². The fraction of sp³-hybridized carbons (Fsp3) is 0.381. The quantitative estimate of drug-likeness (QED) is 0.833. The first-order chi connectivity index (χ1) is 13.3. The minimum atomic E-state index is -3.69. The Hall–Kier alpha value is -2.22. The van der Waals surface area contributed by atoms with Crippen LogP contribution in [0.15, 0.2) is 53.4 Å². The maximum Gasteiger partial charge on any atom is 0.255 e. The molecule has 150 valence electrons. The van der Waals surface area contributed by atoms with Crippen molar-refractivity contribution in [2.45, 2.75) is 44.3 Å². The van der Waals surface area contributed by atoms with Gasteiger partial charge in [0.2, 0.25) is 10.0 Å². The highest BCUT2D eigenvalue weighted by atomic mass is 32.2. The van der Waals surface area contributed by atoms with Gasteiger partial charge in [0.1, 0.15) is 0 Å². The minimum absolute atomic E-state index is 0.115. The van der Waals surface area contributed by atoms with E-state index in [1.807, 2.05) is 45.0 Å². The van der Waals surface area contributed by atoms with Crippen LogP contribution in [0, 0.1) is 0 Å². The summed E-state index contributed by atoms with van der Waals surface area (Å²) in [5.41, 5.74) is 2.11. The molecule has 1 amide bonds.